The smallest absolute Gasteiger partial charge is 0.274 e. The van der Waals surface area contributed by atoms with Crippen LogP contribution in [0.1, 0.15) is 50.5 Å². The number of carbonyl (C=O) groups excluding carboxylic acids is 2. The van der Waals surface area contributed by atoms with Crippen molar-refractivity contribution in [3.8, 4) is 0 Å². The van der Waals surface area contributed by atoms with Crippen LogP contribution < -0.4 is 10.6 Å². The zero-order chi connectivity index (χ0) is 24.2. The lowest BCUT2D eigenvalue weighted by atomic mass is 10.1. The summed E-state index contributed by atoms with van der Waals surface area (Å²) in [4.78, 5) is 25.6. The first-order chi connectivity index (χ1) is 16.4. The number of nitrogens with one attached hydrogen (secondary N) is 2. The van der Waals surface area contributed by atoms with Gasteiger partial charge in [0.1, 0.15) is 5.76 Å². The molecule has 0 aliphatic carbocycles. The van der Waals surface area contributed by atoms with Crippen molar-refractivity contribution in [2.45, 2.75) is 40.4 Å². The summed E-state index contributed by atoms with van der Waals surface area (Å²) in [7, 11) is 0. The summed E-state index contributed by atoms with van der Waals surface area (Å²) >= 11 is 3.54. The van der Waals surface area contributed by atoms with Crippen LogP contribution in [0.3, 0.4) is 0 Å². The lowest BCUT2D eigenvalue weighted by Gasteiger charge is -2.08. The first-order valence-corrected chi connectivity index (χ1v) is 11.6. The number of hydrogen-bond donors (Lipinski definition) is 2. The molecule has 1 aromatic carbocycles. The number of carbonyl (C=O) groups is 2. The van der Waals surface area contributed by atoms with Crippen LogP contribution in [-0.2, 0) is 19.6 Å². The van der Waals surface area contributed by atoms with E-state index in [1.807, 2.05) is 37.6 Å². The molecule has 34 heavy (non-hydrogen) atoms. The van der Waals surface area contributed by atoms with E-state index in [0.717, 1.165) is 21.4 Å². The molecule has 3 heterocycles. The Morgan fingerprint density at radius 1 is 1.09 bits per heavy atom. The molecular weight excluding hydrogens is 500 g/mol. The Morgan fingerprint density at radius 2 is 1.85 bits per heavy atom. The second-order valence-corrected chi connectivity index (χ2v) is 8.60. The van der Waals surface area contributed by atoms with E-state index in [1.54, 1.807) is 41.4 Å². The number of aryl methyl sites for hydroxylation is 2. The molecule has 0 bridgehead atoms. The third-order valence-corrected chi connectivity index (χ3v) is 6.54. The fraction of sp³-hybridized carbons (Fsp3) is 0.250. The molecule has 0 fully saturated rings. The second kappa shape index (κ2) is 10.1. The van der Waals surface area contributed by atoms with E-state index in [0.29, 0.717) is 30.1 Å². The van der Waals surface area contributed by atoms with Crippen molar-refractivity contribution in [2.75, 3.05) is 5.32 Å². The summed E-state index contributed by atoms with van der Waals surface area (Å²) < 4.78 is 9.76. The predicted octanol–water partition coefficient (Wildman–Crippen LogP) is 4.30. The molecule has 9 nitrogen and oxygen atoms in total. The van der Waals surface area contributed by atoms with E-state index >= 15 is 0 Å². The lowest BCUT2D eigenvalue weighted by Crippen LogP contribution is -2.25. The normalized spacial score (nSPS) is 10.9. The van der Waals surface area contributed by atoms with E-state index < -0.39 is 5.91 Å². The highest BCUT2D eigenvalue weighted by Gasteiger charge is 2.19. The molecule has 2 amide bonds. The molecular formula is C24H25BrN6O3. The van der Waals surface area contributed by atoms with Gasteiger partial charge in [-0.1, -0.05) is 12.1 Å². The van der Waals surface area contributed by atoms with Gasteiger partial charge in [-0.2, -0.15) is 10.2 Å². The van der Waals surface area contributed by atoms with Crippen LogP contribution in [0.2, 0.25) is 0 Å². The lowest BCUT2D eigenvalue weighted by molar-refractivity contribution is 0.0943. The summed E-state index contributed by atoms with van der Waals surface area (Å²) in [5.74, 6) is -0.0942. The van der Waals surface area contributed by atoms with Gasteiger partial charge in [0.2, 0.25) is 0 Å². The minimum atomic E-state index is -0.398. The quantitative estimate of drug-likeness (QED) is 0.357. The average molecular weight is 525 g/mol. The van der Waals surface area contributed by atoms with Gasteiger partial charge in [-0.3, -0.25) is 19.0 Å². The SMILES string of the molecule is CCn1cc(NC(=O)c2ccc(Cn3nc(C)c(Br)c3C)cc2)c(C(=O)NCc2ccco2)n1. The first kappa shape index (κ1) is 23.5. The Bertz CT molecular complexity index is 1310. The Hall–Kier alpha value is -3.66. The summed E-state index contributed by atoms with van der Waals surface area (Å²) in [6.07, 6.45) is 3.19. The maximum atomic E-state index is 12.9. The highest BCUT2D eigenvalue weighted by atomic mass is 79.9. The maximum absolute atomic E-state index is 12.9. The van der Waals surface area contributed by atoms with Crippen LogP contribution in [0.4, 0.5) is 5.69 Å². The summed E-state index contributed by atoms with van der Waals surface area (Å²) in [5.41, 5.74) is 3.97. The summed E-state index contributed by atoms with van der Waals surface area (Å²) in [5, 5.41) is 14.4. The van der Waals surface area contributed by atoms with Gasteiger partial charge in [0.05, 0.1) is 40.9 Å². The number of benzene rings is 1. The van der Waals surface area contributed by atoms with E-state index in [4.69, 9.17) is 4.42 Å². The zero-order valence-corrected chi connectivity index (χ0v) is 20.7. The molecule has 2 N–H and O–H groups in total. The van der Waals surface area contributed by atoms with Crippen molar-refractivity contribution in [3.05, 3.63) is 87.3 Å². The molecule has 0 saturated carbocycles. The van der Waals surface area contributed by atoms with Gasteiger partial charge in [-0.15, -0.1) is 0 Å². The number of rotatable bonds is 8. The molecule has 0 saturated heterocycles. The first-order valence-electron chi connectivity index (χ1n) is 10.8. The summed E-state index contributed by atoms with van der Waals surface area (Å²) in [6, 6.07) is 10.8. The molecule has 0 spiro atoms. The van der Waals surface area contributed by atoms with Crippen LogP contribution in [0.15, 0.2) is 57.7 Å². The number of hydrogen-bond acceptors (Lipinski definition) is 5. The van der Waals surface area contributed by atoms with E-state index in [1.165, 1.54) is 0 Å². The summed E-state index contributed by atoms with van der Waals surface area (Å²) in [6.45, 7) is 7.25. The van der Waals surface area contributed by atoms with Crippen molar-refractivity contribution < 1.29 is 14.0 Å². The van der Waals surface area contributed by atoms with Crippen molar-refractivity contribution >= 4 is 33.4 Å². The number of amides is 2. The van der Waals surface area contributed by atoms with Crippen LogP contribution in [0.5, 0.6) is 0 Å². The third kappa shape index (κ3) is 5.12. The molecule has 0 unspecified atom stereocenters. The van der Waals surface area contributed by atoms with E-state index in [-0.39, 0.29) is 18.1 Å². The van der Waals surface area contributed by atoms with E-state index in [9.17, 15) is 9.59 Å². The Labute approximate surface area is 205 Å². The molecule has 0 aliphatic heterocycles. The molecule has 0 atom stereocenters. The molecule has 3 aromatic heterocycles. The molecule has 10 heteroatoms. The molecule has 4 rings (SSSR count). The monoisotopic (exact) mass is 524 g/mol. The minimum absolute atomic E-state index is 0.147. The molecule has 0 radical (unpaired) electrons. The van der Waals surface area contributed by atoms with Gasteiger partial charge in [-0.05, 0) is 66.5 Å². The molecule has 0 aliphatic rings. The van der Waals surface area contributed by atoms with Crippen LogP contribution >= 0.6 is 15.9 Å². The maximum Gasteiger partial charge on any atom is 0.274 e. The standard InChI is InChI=1S/C24H25BrN6O3/c1-4-30-14-20(22(29-30)24(33)26-12-19-6-5-11-34-19)27-23(32)18-9-7-17(8-10-18)13-31-16(3)21(25)15(2)28-31/h5-11,14H,4,12-13H2,1-3H3,(H,26,33)(H,27,32). The largest absolute Gasteiger partial charge is 0.467 e. The van der Waals surface area contributed by atoms with E-state index in [2.05, 4.69) is 36.8 Å². The number of nitrogens with zero attached hydrogens (tertiary/aromatic N) is 4. The van der Waals surface area contributed by atoms with Crippen molar-refractivity contribution in [1.29, 1.82) is 0 Å². The third-order valence-electron chi connectivity index (χ3n) is 5.39. The fourth-order valence-corrected chi connectivity index (χ4v) is 3.75. The highest BCUT2D eigenvalue weighted by Crippen LogP contribution is 2.21. The average Bonchev–Trinajstić information content (AvgIpc) is 3.56. The Morgan fingerprint density at radius 3 is 2.47 bits per heavy atom. The van der Waals surface area contributed by atoms with Gasteiger partial charge in [0.15, 0.2) is 5.69 Å². The van der Waals surface area contributed by atoms with Crippen LogP contribution in [0, 0.1) is 13.8 Å². The predicted molar refractivity (Wildman–Crippen MR) is 131 cm³/mol. The van der Waals surface area contributed by atoms with Crippen molar-refractivity contribution in [3.63, 3.8) is 0 Å². The number of anilines is 1. The minimum Gasteiger partial charge on any atom is -0.467 e. The van der Waals surface area contributed by atoms with Gasteiger partial charge >= 0.3 is 0 Å². The topological polar surface area (TPSA) is 107 Å². The molecule has 176 valence electrons. The van der Waals surface area contributed by atoms with Crippen molar-refractivity contribution in [1.82, 2.24) is 24.9 Å². The number of halogens is 1. The van der Waals surface area contributed by atoms with Crippen LogP contribution in [0.25, 0.3) is 0 Å². The number of furan rings is 1. The zero-order valence-electron chi connectivity index (χ0n) is 19.1. The van der Waals surface area contributed by atoms with Gasteiger partial charge in [0, 0.05) is 18.3 Å². The van der Waals surface area contributed by atoms with Gasteiger partial charge in [-0.25, -0.2) is 0 Å². The van der Waals surface area contributed by atoms with Gasteiger partial charge in [0.25, 0.3) is 11.8 Å². The number of aromatic nitrogens is 4. The van der Waals surface area contributed by atoms with Crippen LogP contribution in [-0.4, -0.2) is 31.4 Å². The second-order valence-electron chi connectivity index (χ2n) is 7.80. The van der Waals surface area contributed by atoms with Gasteiger partial charge < -0.3 is 15.1 Å². The fourth-order valence-electron chi connectivity index (χ4n) is 3.46. The Kier molecular flexibility index (Phi) is 6.97. The van der Waals surface area contributed by atoms with Crippen molar-refractivity contribution in [2.24, 2.45) is 0 Å². The molecule has 4 aromatic rings. The Balaban J connectivity index is 1.45. The highest BCUT2D eigenvalue weighted by molar-refractivity contribution is 9.10.